The smallest absolute Gasteiger partial charge is 0.319 e. The molecule has 4 fully saturated rings. The van der Waals surface area contributed by atoms with Gasteiger partial charge in [0.1, 0.15) is 0 Å². The molecule has 4 nitrogen and oxygen atoms in total. The van der Waals surface area contributed by atoms with Crippen LogP contribution in [0.25, 0.3) is 11.1 Å². The Morgan fingerprint density at radius 2 is 1.63 bits per heavy atom. The van der Waals surface area contributed by atoms with Crippen molar-refractivity contribution < 1.29 is 4.79 Å². The predicted octanol–water partition coefficient (Wildman–Crippen LogP) is 4.06. The molecule has 4 aliphatic rings. The number of anilines is 1. The Morgan fingerprint density at radius 1 is 0.926 bits per heavy atom. The molecule has 5 atom stereocenters. The van der Waals surface area contributed by atoms with Crippen LogP contribution in [0.3, 0.4) is 0 Å². The lowest BCUT2D eigenvalue weighted by Crippen LogP contribution is -2.59. The number of benzene rings is 2. The van der Waals surface area contributed by atoms with Gasteiger partial charge in [-0.15, -0.1) is 0 Å². The molecule has 1 aliphatic carbocycles. The van der Waals surface area contributed by atoms with Gasteiger partial charge in [0, 0.05) is 31.7 Å². The standard InChI is InChI=1S/C23H27N3O/c27-23(24-12-21-18-10-16-11-19(21)15-26(13-16)14-18)25-22-9-5-4-8-20(22)17-6-2-1-3-7-17/h1-9,16,18-19,21H,10-15H2,(H2,24,25,27)/t16-,18-,19+,21+. The monoisotopic (exact) mass is 361 g/mol. The summed E-state index contributed by atoms with van der Waals surface area (Å²) in [6, 6.07) is 18.1. The number of carbonyl (C=O) groups is 1. The number of nitrogens with zero attached hydrogens (tertiary/aromatic N) is 1. The highest BCUT2D eigenvalue weighted by Gasteiger charge is 2.47. The highest BCUT2D eigenvalue weighted by Crippen LogP contribution is 2.46. The number of piperidine rings is 3. The topological polar surface area (TPSA) is 44.4 Å². The maximum atomic E-state index is 12.6. The van der Waals surface area contributed by atoms with Gasteiger partial charge in [0.05, 0.1) is 5.69 Å². The molecule has 3 aliphatic heterocycles. The van der Waals surface area contributed by atoms with Crippen LogP contribution < -0.4 is 10.6 Å². The molecule has 0 aromatic heterocycles. The predicted molar refractivity (Wildman–Crippen MR) is 109 cm³/mol. The molecule has 1 unspecified atom stereocenters. The van der Waals surface area contributed by atoms with Gasteiger partial charge in [0.2, 0.25) is 0 Å². The van der Waals surface area contributed by atoms with Crippen molar-refractivity contribution in [1.82, 2.24) is 10.2 Å². The molecule has 2 amide bonds. The van der Waals surface area contributed by atoms with Crippen LogP contribution in [0.4, 0.5) is 10.5 Å². The first-order valence-corrected chi connectivity index (χ1v) is 10.2. The molecule has 3 heterocycles. The zero-order valence-corrected chi connectivity index (χ0v) is 15.6. The van der Waals surface area contributed by atoms with Gasteiger partial charge in [-0.25, -0.2) is 4.79 Å². The molecule has 6 rings (SSSR count). The molecule has 140 valence electrons. The zero-order valence-electron chi connectivity index (χ0n) is 15.6. The van der Waals surface area contributed by atoms with Gasteiger partial charge < -0.3 is 15.5 Å². The number of urea groups is 1. The average molecular weight is 361 g/mol. The van der Waals surface area contributed by atoms with Gasteiger partial charge in [-0.05, 0) is 48.1 Å². The van der Waals surface area contributed by atoms with Crippen molar-refractivity contribution in [3.05, 3.63) is 54.6 Å². The van der Waals surface area contributed by atoms with Crippen LogP contribution in [0.1, 0.15) is 12.8 Å². The molecular formula is C23H27N3O. The minimum atomic E-state index is -0.0903. The second-order valence-corrected chi connectivity index (χ2v) is 8.49. The van der Waals surface area contributed by atoms with Crippen LogP contribution in [0.15, 0.2) is 54.6 Å². The summed E-state index contributed by atoms with van der Waals surface area (Å²) in [5, 5.41) is 6.24. The summed E-state index contributed by atoms with van der Waals surface area (Å²) in [6.45, 7) is 4.58. The number of nitrogens with one attached hydrogen (secondary N) is 2. The van der Waals surface area contributed by atoms with Crippen LogP contribution in [0, 0.1) is 23.7 Å². The van der Waals surface area contributed by atoms with Crippen molar-refractivity contribution in [3.8, 4) is 11.1 Å². The summed E-state index contributed by atoms with van der Waals surface area (Å²) >= 11 is 0. The number of carbonyl (C=O) groups excluding carboxylic acids is 1. The van der Waals surface area contributed by atoms with Crippen LogP contribution in [0.2, 0.25) is 0 Å². The molecule has 4 heteroatoms. The number of hydrogen-bond donors (Lipinski definition) is 2. The minimum Gasteiger partial charge on any atom is -0.338 e. The summed E-state index contributed by atoms with van der Waals surface area (Å²) in [5.41, 5.74) is 3.02. The maximum Gasteiger partial charge on any atom is 0.319 e. The molecule has 2 aromatic carbocycles. The molecule has 1 saturated carbocycles. The van der Waals surface area contributed by atoms with E-state index in [2.05, 4.69) is 33.7 Å². The number of amides is 2. The normalized spacial score (nSPS) is 30.9. The van der Waals surface area contributed by atoms with Crippen molar-refractivity contribution >= 4 is 11.7 Å². The summed E-state index contributed by atoms with van der Waals surface area (Å²) in [6.07, 6.45) is 2.72. The highest BCUT2D eigenvalue weighted by molar-refractivity contribution is 5.94. The Hall–Kier alpha value is -2.33. The van der Waals surface area contributed by atoms with Crippen molar-refractivity contribution in [3.63, 3.8) is 0 Å². The summed E-state index contributed by atoms with van der Waals surface area (Å²) < 4.78 is 0. The third kappa shape index (κ3) is 3.34. The lowest BCUT2D eigenvalue weighted by molar-refractivity contribution is -0.0621. The van der Waals surface area contributed by atoms with E-state index in [9.17, 15) is 4.79 Å². The average Bonchev–Trinajstić information content (AvgIpc) is 2.68. The highest BCUT2D eigenvalue weighted by atomic mass is 16.2. The number of rotatable bonds is 4. The Morgan fingerprint density at radius 3 is 2.37 bits per heavy atom. The van der Waals surface area contributed by atoms with Crippen molar-refractivity contribution in [2.24, 2.45) is 23.7 Å². The van der Waals surface area contributed by atoms with Crippen molar-refractivity contribution in [2.45, 2.75) is 12.8 Å². The first-order chi connectivity index (χ1) is 13.3. The Bertz CT molecular complexity index is 791. The minimum absolute atomic E-state index is 0.0903. The van der Waals surface area contributed by atoms with E-state index >= 15 is 0 Å². The second-order valence-electron chi connectivity index (χ2n) is 8.49. The summed E-state index contributed by atoms with van der Waals surface area (Å²) in [4.78, 5) is 15.2. The van der Waals surface area contributed by atoms with Gasteiger partial charge in [-0.3, -0.25) is 0 Å². The Labute approximate surface area is 161 Å². The first-order valence-electron chi connectivity index (χ1n) is 10.2. The zero-order chi connectivity index (χ0) is 18.2. The molecule has 2 aromatic rings. The molecule has 27 heavy (non-hydrogen) atoms. The lowest BCUT2D eigenvalue weighted by Gasteiger charge is -2.56. The third-order valence-electron chi connectivity index (χ3n) is 6.74. The van der Waals surface area contributed by atoms with Gasteiger partial charge in [0.15, 0.2) is 0 Å². The van der Waals surface area contributed by atoms with Crippen LogP contribution >= 0.6 is 0 Å². The quantitative estimate of drug-likeness (QED) is 0.862. The summed E-state index contributed by atoms with van der Waals surface area (Å²) in [7, 11) is 0. The van der Waals surface area contributed by atoms with Crippen molar-refractivity contribution in [2.75, 3.05) is 31.5 Å². The van der Waals surface area contributed by atoms with Gasteiger partial charge in [-0.1, -0.05) is 48.5 Å². The maximum absolute atomic E-state index is 12.6. The van der Waals surface area contributed by atoms with E-state index in [1.165, 1.54) is 32.5 Å². The van der Waals surface area contributed by atoms with E-state index in [0.717, 1.165) is 41.1 Å². The van der Waals surface area contributed by atoms with E-state index < -0.39 is 0 Å². The number of para-hydroxylation sites is 1. The first kappa shape index (κ1) is 16.8. The van der Waals surface area contributed by atoms with Gasteiger partial charge in [0.25, 0.3) is 0 Å². The molecular weight excluding hydrogens is 334 g/mol. The molecule has 4 bridgehead atoms. The Kier molecular flexibility index (Phi) is 4.36. The molecule has 2 N–H and O–H groups in total. The Balaban J connectivity index is 1.23. The SMILES string of the molecule is O=C(NC[C@H]1[C@@H]2C[C@@H]3C[C@H]1CN(C3)C2)Nc1ccccc1-c1ccccc1. The van der Waals surface area contributed by atoms with Gasteiger partial charge in [-0.2, -0.15) is 0 Å². The fraction of sp³-hybridized carbons (Fsp3) is 0.435. The van der Waals surface area contributed by atoms with E-state index in [-0.39, 0.29) is 6.03 Å². The molecule has 0 spiro atoms. The lowest BCUT2D eigenvalue weighted by atomic mass is 9.62. The van der Waals surface area contributed by atoms with E-state index in [1.54, 1.807) is 0 Å². The van der Waals surface area contributed by atoms with Crippen LogP contribution in [-0.2, 0) is 0 Å². The fourth-order valence-electron chi connectivity index (χ4n) is 5.68. The van der Waals surface area contributed by atoms with Crippen LogP contribution in [0.5, 0.6) is 0 Å². The van der Waals surface area contributed by atoms with E-state index in [1.807, 2.05) is 36.4 Å². The molecule has 3 saturated heterocycles. The van der Waals surface area contributed by atoms with Gasteiger partial charge >= 0.3 is 6.03 Å². The fourth-order valence-corrected chi connectivity index (χ4v) is 5.68. The second kappa shape index (κ2) is 7.01. The largest absolute Gasteiger partial charge is 0.338 e. The third-order valence-corrected chi connectivity index (χ3v) is 6.74. The van der Waals surface area contributed by atoms with E-state index in [0.29, 0.717) is 5.92 Å². The molecule has 0 radical (unpaired) electrons. The number of hydrogen-bond acceptors (Lipinski definition) is 2. The summed E-state index contributed by atoms with van der Waals surface area (Å²) in [5.74, 6) is 3.10. The van der Waals surface area contributed by atoms with Crippen LogP contribution in [-0.4, -0.2) is 37.1 Å². The van der Waals surface area contributed by atoms with E-state index in [4.69, 9.17) is 0 Å². The van der Waals surface area contributed by atoms with Crippen molar-refractivity contribution in [1.29, 1.82) is 0 Å².